The molecule has 1 saturated carbocycles. The maximum atomic E-state index is 12.7. The lowest BCUT2D eigenvalue weighted by Gasteiger charge is -2.26. The van der Waals surface area contributed by atoms with Gasteiger partial charge in [-0.1, -0.05) is 0 Å². The molecule has 0 radical (unpaired) electrons. The summed E-state index contributed by atoms with van der Waals surface area (Å²) in [4.78, 5) is 10.7. The molecule has 0 saturated heterocycles. The van der Waals surface area contributed by atoms with Crippen molar-refractivity contribution in [2.75, 3.05) is 5.73 Å². The molecule has 8 heteroatoms. The van der Waals surface area contributed by atoms with E-state index in [1.165, 1.54) is 0 Å². The fourth-order valence-electron chi connectivity index (χ4n) is 1.79. The van der Waals surface area contributed by atoms with E-state index in [0.717, 1.165) is 11.1 Å². The number of aromatic nitrogens is 2. The number of anilines is 1. The highest BCUT2D eigenvalue weighted by Gasteiger charge is 2.42. The van der Waals surface area contributed by atoms with Crippen molar-refractivity contribution in [2.45, 2.75) is 31.5 Å². The Morgan fingerprint density at radius 1 is 1.47 bits per heavy atom. The lowest BCUT2D eigenvalue weighted by atomic mass is 9.93. The molecule has 0 atom stereocenters. The second kappa shape index (κ2) is 3.64. The number of halogens is 3. The van der Waals surface area contributed by atoms with Crippen molar-refractivity contribution in [3.63, 3.8) is 0 Å². The zero-order valence-electron chi connectivity index (χ0n) is 8.66. The highest BCUT2D eigenvalue weighted by atomic mass is 19.4. The summed E-state index contributed by atoms with van der Waals surface area (Å²) < 4.78 is 39.0. The van der Waals surface area contributed by atoms with Crippen LogP contribution in [0.15, 0.2) is 0 Å². The van der Waals surface area contributed by atoms with Crippen LogP contribution in [0, 0.1) is 0 Å². The first-order chi connectivity index (χ1) is 7.82. The highest BCUT2D eigenvalue weighted by molar-refractivity contribution is 5.89. The number of carbonyl (C=O) groups is 1. The SMILES string of the molecule is Nc1c(C(F)(F)F)c(C(=O)O)nn1C1CCC1. The van der Waals surface area contributed by atoms with E-state index in [1.807, 2.05) is 0 Å². The van der Waals surface area contributed by atoms with Crippen LogP contribution < -0.4 is 5.73 Å². The zero-order chi connectivity index (χ0) is 12.8. The van der Waals surface area contributed by atoms with Gasteiger partial charge in [0.1, 0.15) is 11.4 Å². The normalized spacial score (nSPS) is 16.9. The molecule has 0 unspecified atom stereocenters. The van der Waals surface area contributed by atoms with E-state index in [4.69, 9.17) is 10.8 Å². The number of nitrogen functional groups attached to an aromatic ring is 1. The highest BCUT2D eigenvalue weighted by Crippen LogP contribution is 2.40. The van der Waals surface area contributed by atoms with Gasteiger partial charge in [-0.2, -0.15) is 18.3 Å². The maximum absolute atomic E-state index is 12.7. The van der Waals surface area contributed by atoms with Gasteiger partial charge < -0.3 is 10.8 Å². The molecule has 1 aromatic heterocycles. The molecule has 0 aliphatic heterocycles. The average molecular weight is 249 g/mol. The summed E-state index contributed by atoms with van der Waals surface area (Å²) in [5.74, 6) is -2.33. The third-order valence-corrected chi connectivity index (χ3v) is 2.85. The molecule has 1 aromatic rings. The number of rotatable bonds is 2. The molecule has 1 heterocycles. The van der Waals surface area contributed by atoms with Crippen LogP contribution in [0.3, 0.4) is 0 Å². The monoisotopic (exact) mass is 249 g/mol. The Hall–Kier alpha value is -1.73. The van der Waals surface area contributed by atoms with Crippen LogP contribution in [0.1, 0.15) is 41.4 Å². The number of nitrogens with two attached hydrogens (primary N) is 1. The number of carboxylic acid groups (broad SMARTS) is 1. The Labute approximate surface area is 94.0 Å². The first-order valence-corrected chi connectivity index (χ1v) is 5.01. The fraction of sp³-hybridized carbons (Fsp3) is 0.556. The average Bonchev–Trinajstić information content (AvgIpc) is 2.40. The third kappa shape index (κ3) is 1.83. The summed E-state index contributed by atoms with van der Waals surface area (Å²) in [5.41, 5.74) is 2.98. The first kappa shape index (κ1) is 11.7. The lowest BCUT2D eigenvalue weighted by Crippen LogP contribution is -2.20. The topological polar surface area (TPSA) is 81.1 Å². The van der Waals surface area contributed by atoms with Gasteiger partial charge in [0.05, 0.1) is 6.04 Å². The molecule has 3 N–H and O–H groups in total. The fourth-order valence-corrected chi connectivity index (χ4v) is 1.79. The molecule has 94 valence electrons. The van der Waals surface area contributed by atoms with E-state index in [0.29, 0.717) is 12.8 Å². The van der Waals surface area contributed by atoms with Crippen LogP contribution in [-0.2, 0) is 6.18 Å². The summed E-state index contributed by atoms with van der Waals surface area (Å²) in [7, 11) is 0. The van der Waals surface area contributed by atoms with E-state index in [2.05, 4.69) is 5.10 Å². The van der Waals surface area contributed by atoms with Crippen molar-refractivity contribution in [2.24, 2.45) is 0 Å². The van der Waals surface area contributed by atoms with Gasteiger partial charge in [0.25, 0.3) is 0 Å². The van der Waals surface area contributed by atoms with Gasteiger partial charge in [-0.3, -0.25) is 0 Å². The molecule has 1 aliphatic carbocycles. The van der Waals surface area contributed by atoms with Crippen molar-refractivity contribution in [1.29, 1.82) is 0 Å². The summed E-state index contributed by atoms with van der Waals surface area (Å²) >= 11 is 0. The molecule has 1 fully saturated rings. The summed E-state index contributed by atoms with van der Waals surface area (Å²) in [6.45, 7) is 0. The van der Waals surface area contributed by atoms with E-state index in [9.17, 15) is 18.0 Å². The molecule has 0 aromatic carbocycles. The molecule has 0 spiro atoms. The summed E-state index contributed by atoms with van der Waals surface area (Å²) in [6.07, 6.45) is -2.59. The Morgan fingerprint density at radius 2 is 2.06 bits per heavy atom. The summed E-state index contributed by atoms with van der Waals surface area (Å²) in [5, 5.41) is 12.2. The predicted molar refractivity (Wildman–Crippen MR) is 51.5 cm³/mol. The van der Waals surface area contributed by atoms with Gasteiger partial charge in [0.2, 0.25) is 0 Å². The van der Waals surface area contributed by atoms with E-state index >= 15 is 0 Å². The minimum absolute atomic E-state index is 0.218. The molecule has 5 nitrogen and oxygen atoms in total. The quantitative estimate of drug-likeness (QED) is 0.838. The number of hydrogen-bond donors (Lipinski definition) is 2. The van der Waals surface area contributed by atoms with Crippen molar-refractivity contribution in [1.82, 2.24) is 9.78 Å². The summed E-state index contributed by atoms with van der Waals surface area (Å²) in [6, 6.07) is -0.218. The van der Waals surface area contributed by atoms with Crippen LogP contribution in [0.25, 0.3) is 0 Å². The standard InChI is InChI=1S/C9H10F3N3O2/c10-9(11,12)5-6(8(16)17)14-15(7(5)13)4-2-1-3-4/h4H,1-3,13H2,(H,16,17). The molecule has 17 heavy (non-hydrogen) atoms. The van der Waals surface area contributed by atoms with Gasteiger partial charge in [-0.25, -0.2) is 9.48 Å². The van der Waals surface area contributed by atoms with E-state index < -0.39 is 29.2 Å². The zero-order valence-corrected chi connectivity index (χ0v) is 8.66. The Balaban J connectivity index is 2.55. The largest absolute Gasteiger partial charge is 0.476 e. The van der Waals surface area contributed by atoms with Crippen LogP contribution in [-0.4, -0.2) is 20.9 Å². The minimum Gasteiger partial charge on any atom is -0.476 e. The van der Waals surface area contributed by atoms with Crippen molar-refractivity contribution < 1.29 is 23.1 Å². The smallest absolute Gasteiger partial charge is 0.422 e. The number of hydrogen-bond acceptors (Lipinski definition) is 3. The number of carboxylic acids is 1. The maximum Gasteiger partial charge on any atom is 0.422 e. The van der Waals surface area contributed by atoms with E-state index in [-0.39, 0.29) is 6.04 Å². The first-order valence-electron chi connectivity index (χ1n) is 5.01. The molecular weight excluding hydrogens is 239 g/mol. The molecule has 1 aliphatic rings. The van der Waals surface area contributed by atoms with Crippen LogP contribution in [0.2, 0.25) is 0 Å². The van der Waals surface area contributed by atoms with Gasteiger partial charge in [-0.05, 0) is 19.3 Å². The van der Waals surface area contributed by atoms with E-state index in [1.54, 1.807) is 0 Å². The second-order valence-corrected chi connectivity index (χ2v) is 3.94. The van der Waals surface area contributed by atoms with Crippen LogP contribution in [0.5, 0.6) is 0 Å². The number of nitrogens with zero attached hydrogens (tertiary/aromatic N) is 2. The van der Waals surface area contributed by atoms with Crippen molar-refractivity contribution in [3.05, 3.63) is 11.3 Å². The molecule has 0 amide bonds. The Kier molecular flexibility index (Phi) is 2.52. The van der Waals surface area contributed by atoms with Gasteiger partial charge in [0.15, 0.2) is 5.69 Å². The molecular formula is C9H10F3N3O2. The van der Waals surface area contributed by atoms with Crippen LogP contribution >= 0.6 is 0 Å². The third-order valence-electron chi connectivity index (χ3n) is 2.85. The van der Waals surface area contributed by atoms with Gasteiger partial charge in [-0.15, -0.1) is 0 Å². The van der Waals surface area contributed by atoms with Crippen molar-refractivity contribution in [3.8, 4) is 0 Å². The molecule has 2 rings (SSSR count). The minimum atomic E-state index is -4.81. The Bertz CT molecular complexity index is 463. The predicted octanol–water partition coefficient (Wildman–Crippen LogP) is 1.91. The number of alkyl halides is 3. The Morgan fingerprint density at radius 3 is 2.35 bits per heavy atom. The van der Waals surface area contributed by atoms with Crippen LogP contribution in [0.4, 0.5) is 19.0 Å². The van der Waals surface area contributed by atoms with Gasteiger partial charge in [0, 0.05) is 0 Å². The molecule has 0 bridgehead atoms. The number of aromatic carboxylic acids is 1. The lowest BCUT2D eigenvalue weighted by molar-refractivity contribution is -0.137. The van der Waals surface area contributed by atoms with Gasteiger partial charge >= 0.3 is 12.1 Å². The second-order valence-electron chi connectivity index (χ2n) is 3.94. The van der Waals surface area contributed by atoms with Crippen molar-refractivity contribution >= 4 is 11.8 Å².